The third kappa shape index (κ3) is 2.70. The molecule has 6 heteroatoms. The van der Waals surface area contributed by atoms with Gasteiger partial charge in [-0.3, -0.25) is 4.57 Å². The first-order valence-electron chi connectivity index (χ1n) is 6.22. The highest BCUT2D eigenvalue weighted by Gasteiger charge is 2.22. The van der Waals surface area contributed by atoms with Crippen molar-refractivity contribution in [2.45, 2.75) is 27.4 Å². The van der Waals surface area contributed by atoms with Gasteiger partial charge in [0.15, 0.2) is 12.3 Å². The van der Waals surface area contributed by atoms with Gasteiger partial charge >= 0.3 is 0 Å². The molecule has 100 valence electrons. The molecule has 0 aliphatic rings. The molecule has 18 heavy (non-hydrogen) atoms. The number of rotatable bonds is 5. The van der Waals surface area contributed by atoms with Crippen LogP contribution >= 0.6 is 0 Å². The van der Waals surface area contributed by atoms with E-state index in [-0.39, 0.29) is 17.0 Å². The Bertz CT molecular complexity index is 484. The Hall–Kier alpha value is -1.01. The second kappa shape index (κ2) is 6.24. The molecule has 2 heterocycles. The number of hydrogen-bond acceptors (Lipinski definition) is 3. The van der Waals surface area contributed by atoms with Gasteiger partial charge in [-0.05, 0) is 26.8 Å². The summed E-state index contributed by atoms with van der Waals surface area (Å²) in [7, 11) is 0. The van der Waals surface area contributed by atoms with Crippen LogP contribution in [-0.4, -0.2) is 43.9 Å². The minimum Gasteiger partial charge on any atom is -1.00 e. The number of aromatic nitrogens is 4. The fourth-order valence-corrected chi connectivity index (χ4v) is 2.25. The maximum Gasteiger partial charge on any atom is 0.166 e. The molecule has 0 bridgehead atoms. The molecule has 0 aliphatic carbocycles. The zero-order chi connectivity index (χ0) is 12.3. The van der Waals surface area contributed by atoms with E-state index in [1.54, 1.807) is 0 Å². The van der Waals surface area contributed by atoms with Crippen LogP contribution < -0.4 is 17.0 Å². The molecule has 0 aromatic carbocycles. The maximum absolute atomic E-state index is 4.31. The molecule has 0 spiro atoms. The Labute approximate surface area is 118 Å². The van der Waals surface area contributed by atoms with Gasteiger partial charge in [0, 0.05) is 6.20 Å². The van der Waals surface area contributed by atoms with Crippen LogP contribution in [0.4, 0.5) is 0 Å². The number of halogens is 1. The highest BCUT2D eigenvalue weighted by molar-refractivity contribution is 5.69. The molecular formula is C12H20BrN5. The highest BCUT2D eigenvalue weighted by Crippen LogP contribution is 2.14. The summed E-state index contributed by atoms with van der Waals surface area (Å²) < 4.78 is 3.24. The van der Waals surface area contributed by atoms with Crippen molar-refractivity contribution >= 4 is 11.2 Å². The molecule has 0 saturated heterocycles. The van der Waals surface area contributed by atoms with Gasteiger partial charge in [-0.1, -0.05) is 0 Å². The standard InChI is InChI=1S/C12H20N5.BrH/c1-4-17(5-2,6-3)10-16-8-7-11-12(16)13-9-14-15-11;/h7-9H,4-6,10H2,1-3H3;1H/q+1;/p-1. The fourth-order valence-electron chi connectivity index (χ4n) is 2.25. The molecule has 0 amide bonds. The summed E-state index contributed by atoms with van der Waals surface area (Å²) in [5, 5.41) is 7.87. The van der Waals surface area contributed by atoms with E-state index in [1.807, 2.05) is 6.07 Å². The molecule has 5 nitrogen and oxygen atoms in total. The average molecular weight is 314 g/mol. The molecule has 2 rings (SSSR count). The minimum atomic E-state index is 0. The molecule has 0 fully saturated rings. The normalized spacial score (nSPS) is 11.5. The zero-order valence-electron chi connectivity index (χ0n) is 11.2. The molecule has 0 atom stereocenters. The quantitative estimate of drug-likeness (QED) is 0.642. The van der Waals surface area contributed by atoms with Crippen LogP contribution in [0.3, 0.4) is 0 Å². The van der Waals surface area contributed by atoms with Crippen LogP contribution in [0.2, 0.25) is 0 Å². The Morgan fingerprint density at radius 1 is 1.17 bits per heavy atom. The van der Waals surface area contributed by atoms with Gasteiger partial charge in [0.2, 0.25) is 0 Å². The number of nitrogens with zero attached hydrogens (tertiary/aromatic N) is 5. The summed E-state index contributed by atoms with van der Waals surface area (Å²) >= 11 is 0. The molecule has 0 aliphatic heterocycles. The summed E-state index contributed by atoms with van der Waals surface area (Å²) in [6, 6.07) is 1.98. The van der Waals surface area contributed by atoms with Crippen LogP contribution in [0.5, 0.6) is 0 Å². The van der Waals surface area contributed by atoms with Crippen molar-refractivity contribution in [2.75, 3.05) is 19.6 Å². The predicted molar refractivity (Wildman–Crippen MR) is 67.2 cm³/mol. The van der Waals surface area contributed by atoms with E-state index in [2.05, 4.69) is 46.7 Å². The molecule has 0 saturated carbocycles. The third-order valence-corrected chi connectivity index (χ3v) is 3.78. The summed E-state index contributed by atoms with van der Waals surface area (Å²) in [5.74, 6) is 0. The zero-order valence-corrected chi connectivity index (χ0v) is 12.8. The third-order valence-electron chi connectivity index (χ3n) is 3.78. The summed E-state index contributed by atoms with van der Waals surface area (Å²) in [6.07, 6.45) is 3.57. The SMILES string of the molecule is CC[N+](CC)(CC)Cn1ccc2nncnc21.[Br-]. The Balaban J connectivity index is 0.00000162. The van der Waals surface area contributed by atoms with Crippen LogP contribution in [0.1, 0.15) is 20.8 Å². The molecule has 0 unspecified atom stereocenters. The second-order valence-electron chi connectivity index (χ2n) is 4.39. The van der Waals surface area contributed by atoms with Crippen LogP contribution in [0.25, 0.3) is 11.2 Å². The molecule has 2 aromatic heterocycles. The van der Waals surface area contributed by atoms with E-state index >= 15 is 0 Å². The monoisotopic (exact) mass is 313 g/mol. The van der Waals surface area contributed by atoms with Crippen molar-refractivity contribution in [3.05, 3.63) is 18.6 Å². The number of quaternary nitrogens is 1. The van der Waals surface area contributed by atoms with E-state index in [0.29, 0.717) is 0 Å². The van der Waals surface area contributed by atoms with Gasteiger partial charge in [-0.25, -0.2) is 4.98 Å². The maximum atomic E-state index is 4.31. The molecule has 2 aromatic rings. The predicted octanol–water partition coefficient (Wildman–Crippen LogP) is -1.34. The smallest absolute Gasteiger partial charge is 0.166 e. The lowest BCUT2D eigenvalue weighted by Gasteiger charge is -2.35. The first kappa shape index (κ1) is 15.0. The van der Waals surface area contributed by atoms with E-state index < -0.39 is 0 Å². The van der Waals surface area contributed by atoms with Crippen LogP contribution in [-0.2, 0) is 6.67 Å². The Morgan fingerprint density at radius 3 is 2.44 bits per heavy atom. The van der Waals surface area contributed by atoms with Gasteiger partial charge in [0.05, 0.1) is 19.6 Å². The molecule has 0 radical (unpaired) electrons. The van der Waals surface area contributed by atoms with Gasteiger partial charge in [-0.2, -0.15) is 0 Å². The summed E-state index contributed by atoms with van der Waals surface area (Å²) in [6.45, 7) is 11.1. The van der Waals surface area contributed by atoms with E-state index in [4.69, 9.17) is 0 Å². The van der Waals surface area contributed by atoms with E-state index in [0.717, 1.165) is 41.9 Å². The summed E-state index contributed by atoms with van der Waals surface area (Å²) in [5.41, 5.74) is 1.80. The Morgan fingerprint density at radius 2 is 1.83 bits per heavy atom. The van der Waals surface area contributed by atoms with Gasteiger partial charge in [-0.15, -0.1) is 10.2 Å². The lowest BCUT2D eigenvalue weighted by Crippen LogP contribution is -3.00. The average Bonchev–Trinajstić information content (AvgIpc) is 2.79. The lowest BCUT2D eigenvalue weighted by atomic mass is 10.4. The molecular weight excluding hydrogens is 294 g/mol. The topological polar surface area (TPSA) is 43.6 Å². The summed E-state index contributed by atoms with van der Waals surface area (Å²) in [4.78, 5) is 4.31. The van der Waals surface area contributed by atoms with Crippen molar-refractivity contribution in [3.8, 4) is 0 Å². The van der Waals surface area contributed by atoms with E-state index in [1.165, 1.54) is 6.33 Å². The largest absolute Gasteiger partial charge is 1.00 e. The first-order valence-corrected chi connectivity index (χ1v) is 6.22. The van der Waals surface area contributed by atoms with Crippen molar-refractivity contribution in [2.24, 2.45) is 0 Å². The van der Waals surface area contributed by atoms with Gasteiger partial charge < -0.3 is 21.5 Å². The Kier molecular flexibility index (Phi) is 5.22. The first-order chi connectivity index (χ1) is 8.24. The van der Waals surface area contributed by atoms with Crippen molar-refractivity contribution in [1.82, 2.24) is 19.7 Å². The van der Waals surface area contributed by atoms with Crippen molar-refractivity contribution in [3.63, 3.8) is 0 Å². The van der Waals surface area contributed by atoms with Crippen molar-refractivity contribution in [1.29, 1.82) is 0 Å². The van der Waals surface area contributed by atoms with Crippen LogP contribution in [0, 0.1) is 0 Å². The molecule has 0 N–H and O–H groups in total. The second-order valence-corrected chi connectivity index (χ2v) is 4.39. The highest BCUT2D eigenvalue weighted by atomic mass is 79.9. The van der Waals surface area contributed by atoms with E-state index in [9.17, 15) is 0 Å². The van der Waals surface area contributed by atoms with Gasteiger partial charge in [0.1, 0.15) is 11.8 Å². The van der Waals surface area contributed by atoms with Gasteiger partial charge in [0.25, 0.3) is 0 Å². The fraction of sp³-hybridized carbons (Fsp3) is 0.583. The van der Waals surface area contributed by atoms with Crippen LogP contribution in [0.15, 0.2) is 18.6 Å². The number of fused-ring (bicyclic) bond motifs is 1. The minimum absolute atomic E-state index is 0. The lowest BCUT2D eigenvalue weighted by molar-refractivity contribution is -0.944. The van der Waals surface area contributed by atoms with Crippen molar-refractivity contribution < 1.29 is 21.5 Å². The number of hydrogen-bond donors (Lipinski definition) is 0.